The normalized spacial score (nSPS) is 24.3. The number of nitrogens with zero attached hydrogens (tertiary/aromatic N) is 3. The second-order valence-electron chi connectivity index (χ2n) is 8.37. The molecule has 162 valence electrons. The van der Waals surface area contributed by atoms with E-state index in [4.69, 9.17) is 4.74 Å². The summed E-state index contributed by atoms with van der Waals surface area (Å²) in [5.74, 6) is 0.274. The highest BCUT2D eigenvalue weighted by Crippen LogP contribution is 2.32. The maximum Gasteiger partial charge on any atom is 0.325 e. The standard InChI is InChI=1S/C22H30N4O4/c1-3-24-13-10-22(11-14-24)20(28)26(21(29)23-22)16-7-6-12-25(15-16)19(27)17-8-4-5-9-18(17)30-2/h4-5,8-9,16H,3,6-7,10-15H2,1-2H3,(H,23,29)/t16-/m0/s1. The fourth-order valence-corrected chi connectivity index (χ4v) is 4.90. The zero-order chi connectivity index (χ0) is 21.3. The Hall–Kier alpha value is -2.61. The summed E-state index contributed by atoms with van der Waals surface area (Å²) in [4.78, 5) is 44.7. The maximum atomic E-state index is 13.3. The largest absolute Gasteiger partial charge is 0.496 e. The molecule has 3 fully saturated rings. The van der Waals surface area contributed by atoms with E-state index < -0.39 is 5.54 Å². The van der Waals surface area contributed by atoms with Crippen molar-refractivity contribution in [2.45, 2.75) is 44.2 Å². The lowest BCUT2D eigenvalue weighted by Gasteiger charge is -2.39. The van der Waals surface area contributed by atoms with Crippen LogP contribution in [0.25, 0.3) is 0 Å². The molecular formula is C22H30N4O4. The highest BCUT2D eigenvalue weighted by atomic mass is 16.5. The molecule has 0 unspecified atom stereocenters. The van der Waals surface area contributed by atoms with E-state index in [1.165, 1.54) is 4.90 Å². The van der Waals surface area contributed by atoms with Crippen molar-refractivity contribution in [3.63, 3.8) is 0 Å². The van der Waals surface area contributed by atoms with Gasteiger partial charge in [0.2, 0.25) is 0 Å². The molecule has 8 nitrogen and oxygen atoms in total. The number of methoxy groups -OCH3 is 1. The molecule has 0 saturated carbocycles. The number of para-hydroxylation sites is 1. The Morgan fingerprint density at radius 3 is 2.63 bits per heavy atom. The maximum absolute atomic E-state index is 13.3. The highest BCUT2D eigenvalue weighted by Gasteiger charge is 2.54. The van der Waals surface area contributed by atoms with E-state index >= 15 is 0 Å². The Kier molecular flexibility index (Phi) is 5.69. The number of ether oxygens (including phenoxy) is 1. The van der Waals surface area contributed by atoms with Crippen LogP contribution in [-0.4, -0.2) is 84.0 Å². The van der Waals surface area contributed by atoms with Gasteiger partial charge in [0.15, 0.2) is 0 Å². The molecule has 0 bridgehead atoms. The molecule has 8 heteroatoms. The quantitative estimate of drug-likeness (QED) is 0.759. The number of imide groups is 1. The van der Waals surface area contributed by atoms with Crippen LogP contribution in [0, 0.1) is 0 Å². The molecule has 0 radical (unpaired) electrons. The zero-order valence-electron chi connectivity index (χ0n) is 17.7. The van der Waals surface area contributed by atoms with Crippen molar-refractivity contribution >= 4 is 17.8 Å². The van der Waals surface area contributed by atoms with Crippen LogP contribution in [0.15, 0.2) is 24.3 Å². The Morgan fingerprint density at radius 2 is 1.93 bits per heavy atom. The number of nitrogens with one attached hydrogen (secondary N) is 1. The van der Waals surface area contributed by atoms with Gasteiger partial charge < -0.3 is 19.9 Å². The number of amides is 4. The van der Waals surface area contributed by atoms with Crippen molar-refractivity contribution in [1.29, 1.82) is 0 Å². The first-order chi connectivity index (χ1) is 14.5. The third kappa shape index (κ3) is 3.53. The van der Waals surface area contributed by atoms with Crippen molar-refractivity contribution in [2.75, 3.05) is 39.8 Å². The van der Waals surface area contributed by atoms with Crippen LogP contribution in [0.4, 0.5) is 4.79 Å². The average molecular weight is 415 g/mol. The highest BCUT2D eigenvalue weighted by molar-refractivity contribution is 6.07. The lowest BCUT2D eigenvalue weighted by molar-refractivity contribution is -0.135. The number of piperidine rings is 2. The van der Waals surface area contributed by atoms with E-state index in [0.717, 1.165) is 26.1 Å². The average Bonchev–Trinajstić information content (AvgIpc) is 3.02. The molecule has 3 heterocycles. The van der Waals surface area contributed by atoms with E-state index in [1.54, 1.807) is 30.2 Å². The Morgan fingerprint density at radius 1 is 1.20 bits per heavy atom. The second kappa shape index (κ2) is 8.26. The van der Waals surface area contributed by atoms with Crippen LogP contribution in [0.3, 0.4) is 0 Å². The molecule has 3 aliphatic heterocycles. The summed E-state index contributed by atoms with van der Waals surface area (Å²) in [7, 11) is 1.54. The van der Waals surface area contributed by atoms with Crippen LogP contribution in [-0.2, 0) is 4.79 Å². The lowest BCUT2D eigenvalue weighted by Crippen LogP contribution is -2.56. The molecule has 0 aromatic heterocycles. The van der Waals surface area contributed by atoms with Gasteiger partial charge in [-0.05, 0) is 44.4 Å². The van der Waals surface area contributed by atoms with Crippen LogP contribution in [0.2, 0.25) is 0 Å². The smallest absolute Gasteiger partial charge is 0.325 e. The minimum atomic E-state index is -0.780. The molecule has 1 atom stereocenters. The summed E-state index contributed by atoms with van der Waals surface area (Å²) in [5, 5.41) is 2.99. The summed E-state index contributed by atoms with van der Waals surface area (Å²) in [5.41, 5.74) is -0.279. The molecule has 1 N–H and O–H groups in total. The van der Waals surface area contributed by atoms with Gasteiger partial charge in [0, 0.05) is 26.2 Å². The molecule has 0 aliphatic carbocycles. The second-order valence-corrected chi connectivity index (χ2v) is 8.37. The Labute approximate surface area is 177 Å². The molecule has 1 spiro atoms. The molecule has 3 saturated heterocycles. The minimum Gasteiger partial charge on any atom is -0.496 e. The number of hydrogen-bond acceptors (Lipinski definition) is 5. The van der Waals surface area contributed by atoms with E-state index in [9.17, 15) is 14.4 Å². The summed E-state index contributed by atoms with van der Waals surface area (Å²) >= 11 is 0. The fraction of sp³-hybridized carbons (Fsp3) is 0.591. The third-order valence-corrected chi connectivity index (χ3v) is 6.74. The molecule has 30 heavy (non-hydrogen) atoms. The topological polar surface area (TPSA) is 82.2 Å². The van der Waals surface area contributed by atoms with E-state index in [0.29, 0.717) is 43.7 Å². The first-order valence-electron chi connectivity index (χ1n) is 10.8. The van der Waals surface area contributed by atoms with Gasteiger partial charge in [0.1, 0.15) is 11.3 Å². The fourth-order valence-electron chi connectivity index (χ4n) is 4.90. The number of hydrogen-bond donors (Lipinski definition) is 1. The molecular weight excluding hydrogens is 384 g/mol. The van der Waals surface area contributed by atoms with Crippen molar-refractivity contribution in [3.8, 4) is 5.75 Å². The molecule has 1 aromatic rings. The Balaban J connectivity index is 1.49. The van der Waals surface area contributed by atoms with Gasteiger partial charge in [-0.3, -0.25) is 14.5 Å². The van der Waals surface area contributed by atoms with Crippen molar-refractivity contribution in [2.24, 2.45) is 0 Å². The number of likely N-dealkylation sites (tertiary alicyclic amines) is 2. The number of benzene rings is 1. The molecule has 1 aromatic carbocycles. The van der Waals surface area contributed by atoms with Gasteiger partial charge in [0.05, 0.1) is 18.7 Å². The van der Waals surface area contributed by atoms with Crippen molar-refractivity contribution < 1.29 is 19.1 Å². The van der Waals surface area contributed by atoms with Gasteiger partial charge in [-0.15, -0.1) is 0 Å². The summed E-state index contributed by atoms with van der Waals surface area (Å²) in [6.45, 7) is 5.62. The minimum absolute atomic E-state index is 0.125. The van der Waals surface area contributed by atoms with Gasteiger partial charge >= 0.3 is 6.03 Å². The number of carbonyl (C=O) groups is 3. The number of carbonyl (C=O) groups excluding carboxylic acids is 3. The van der Waals surface area contributed by atoms with Crippen LogP contribution in [0.1, 0.15) is 43.0 Å². The number of urea groups is 1. The number of rotatable bonds is 4. The van der Waals surface area contributed by atoms with Gasteiger partial charge in [-0.2, -0.15) is 0 Å². The van der Waals surface area contributed by atoms with E-state index in [2.05, 4.69) is 17.1 Å². The predicted molar refractivity (Wildman–Crippen MR) is 111 cm³/mol. The molecule has 4 rings (SSSR count). The first-order valence-corrected chi connectivity index (χ1v) is 10.8. The predicted octanol–water partition coefficient (Wildman–Crippen LogP) is 1.71. The van der Waals surface area contributed by atoms with Crippen molar-refractivity contribution in [3.05, 3.63) is 29.8 Å². The van der Waals surface area contributed by atoms with Crippen LogP contribution < -0.4 is 10.1 Å². The van der Waals surface area contributed by atoms with E-state index in [1.807, 2.05) is 6.07 Å². The summed E-state index contributed by atoms with van der Waals surface area (Å²) < 4.78 is 5.33. The van der Waals surface area contributed by atoms with Crippen LogP contribution >= 0.6 is 0 Å². The summed E-state index contributed by atoms with van der Waals surface area (Å²) in [6.07, 6.45) is 2.74. The summed E-state index contributed by atoms with van der Waals surface area (Å²) in [6, 6.07) is 6.52. The first kappa shape index (κ1) is 20.7. The SMILES string of the molecule is CCN1CCC2(CC1)NC(=O)N([C@H]1CCCN(C(=O)c3ccccc3OC)C1)C2=O. The third-order valence-electron chi connectivity index (χ3n) is 6.74. The zero-order valence-corrected chi connectivity index (χ0v) is 17.7. The van der Waals surface area contributed by atoms with E-state index in [-0.39, 0.29) is 23.9 Å². The monoisotopic (exact) mass is 414 g/mol. The molecule has 3 aliphatic rings. The van der Waals surface area contributed by atoms with Crippen LogP contribution in [0.5, 0.6) is 5.75 Å². The molecule has 4 amide bonds. The van der Waals surface area contributed by atoms with Gasteiger partial charge in [-0.25, -0.2) is 4.79 Å². The lowest BCUT2D eigenvalue weighted by atomic mass is 9.87. The van der Waals surface area contributed by atoms with Crippen molar-refractivity contribution in [1.82, 2.24) is 20.0 Å². The Bertz CT molecular complexity index is 834. The van der Waals surface area contributed by atoms with Gasteiger partial charge in [-0.1, -0.05) is 19.1 Å². The van der Waals surface area contributed by atoms with Gasteiger partial charge in [0.25, 0.3) is 11.8 Å².